The van der Waals surface area contributed by atoms with Crippen molar-refractivity contribution >= 4 is 11.4 Å². The minimum Gasteiger partial charge on any atom is -0.398 e. The van der Waals surface area contributed by atoms with E-state index in [4.69, 9.17) is 5.73 Å². The fraction of sp³-hybridized carbons (Fsp3) is 0.333. The highest BCUT2D eigenvalue weighted by molar-refractivity contribution is 5.72. The second-order valence-electron chi connectivity index (χ2n) is 3.73. The average molecular weight is 330 g/mol. The number of hydrogen-bond acceptors (Lipinski definition) is 2. The van der Waals surface area contributed by atoms with E-state index in [0.29, 0.717) is 0 Å². The quantitative estimate of drug-likeness (QED) is 0.448. The second-order valence-corrected chi connectivity index (χ2v) is 3.73. The minimum atomic E-state index is -5.90. The zero-order valence-electron chi connectivity index (χ0n) is 9.43. The Labute approximate surface area is 109 Å². The molecule has 120 valence electrons. The van der Waals surface area contributed by atoms with Crippen LogP contribution in [0, 0.1) is 0 Å². The first-order chi connectivity index (χ1) is 9.21. The van der Waals surface area contributed by atoms with Crippen LogP contribution in [0.4, 0.5) is 55.4 Å². The Kier molecular flexibility index (Phi) is 3.96. The first kappa shape index (κ1) is 17.2. The molecule has 3 N–H and O–H groups in total. The molecule has 1 aromatic rings. The predicted molar refractivity (Wildman–Crippen MR) is 50.6 cm³/mol. The van der Waals surface area contributed by atoms with Gasteiger partial charge in [-0.1, -0.05) is 0 Å². The zero-order chi connectivity index (χ0) is 16.8. The summed E-state index contributed by atoms with van der Waals surface area (Å²) in [5, 5.41) is 0. The molecule has 0 saturated heterocycles. The van der Waals surface area contributed by atoms with E-state index in [1.807, 2.05) is 0 Å². The Hall–Kier alpha value is -1.88. The van der Waals surface area contributed by atoms with Crippen molar-refractivity contribution in [1.29, 1.82) is 0 Å². The van der Waals surface area contributed by atoms with Gasteiger partial charge in [0.1, 0.15) is 5.56 Å². The molecular weight excluding hydrogens is 326 g/mol. The van der Waals surface area contributed by atoms with E-state index in [1.54, 1.807) is 0 Å². The maximum atomic E-state index is 12.6. The highest BCUT2D eigenvalue weighted by Gasteiger charge is 2.49. The largest absolute Gasteiger partial charge is 0.420 e. The van der Waals surface area contributed by atoms with Crippen molar-refractivity contribution in [3.63, 3.8) is 0 Å². The Morgan fingerprint density at radius 3 is 1.48 bits per heavy atom. The summed E-state index contributed by atoms with van der Waals surface area (Å²) in [6, 6.07) is -0.535. The lowest BCUT2D eigenvalue weighted by molar-refractivity contribution is -0.162. The first-order valence-corrected chi connectivity index (χ1v) is 4.76. The van der Waals surface area contributed by atoms with Gasteiger partial charge < -0.3 is 5.73 Å². The van der Waals surface area contributed by atoms with Crippen molar-refractivity contribution in [3.05, 3.63) is 22.8 Å². The van der Waals surface area contributed by atoms with Crippen molar-refractivity contribution in [2.45, 2.75) is 18.5 Å². The van der Waals surface area contributed by atoms with Crippen LogP contribution in [0.15, 0.2) is 6.07 Å². The van der Waals surface area contributed by atoms with Crippen LogP contribution < -0.4 is 11.3 Å². The van der Waals surface area contributed by atoms with Gasteiger partial charge in [0.05, 0.1) is 16.8 Å². The normalized spacial score (nSPS) is 13.4. The Morgan fingerprint density at radius 1 is 0.762 bits per heavy atom. The molecule has 0 unspecified atom stereocenters. The number of benzene rings is 1. The molecule has 0 heterocycles. The van der Waals surface area contributed by atoms with Gasteiger partial charge in [-0.25, -0.2) is 5.54 Å². The van der Waals surface area contributed by atoms with Crippen molar-refractivity contribution in [3.8, 4) is 0 Å². The van der Waals surface area contributed by atoms with Crippen molar-refractivity contribution in [2.75, 3.05) is 11.3 Å². The molecule has 0 amide bonds. The fourth-order valence-corrected chi connectivity index (χ4v) is 1.62. The molecule has 0 bridgehead atoms. The van der Waals surface area contributed by atoms with Gasteiger partial charge in [-0.3, -0.25) is 0 Å². The zero-order valence-corrected chi connectivity index (χ0v) is 9.43. The van der Waals surface area contributed by atoms with Crippen LogP contribution in [0.3, 0.4) is 0 Å². The number of nitrogen functional groups attached to an aromatic ring is 1. The molecule has 21 heavy (non-hydrogen) atoms. The summed E-state index contributed by atoms with van der Waals surface area (Å²) in [6.07, 6.45) is -17.2. The van der Waals surface area contributed by atoms with Gasteiger partial charge in [-0.15, -0.1) is 4.48 Å². The van der Waals surface area contributed by atoms with E-state index in [2.05, 4.69) is 0 Å². The topological polar surface area (TPSA) is 38.0 Å². The summed E-state index contributed by atoms with van der Waals surface area (Å²) in [5.74, 6) is 0. The molecule has 0 atom stereocenters. The van der Waals surface area contributed by atoms with Gasteiger partial charge >= 0.3 is 18.5 Å². The van der Waals surface area contributed by atoms with Crippen molar-refractivity contribution in [2.24, 2.45) is 0 Å². The lowest BCUT2D eigenvalue weighted by Gasteiger charge is -2.23. The Morgan fingerprint density at radius 2 is 1.19 bits per heavy atom. The van der Waals surface area contributed by atoms with Crippen molar-refractivity contribution < 1.29 is 44.0 Å². The van der Waals surface area contributed by atoms with Gasteiger partial charge in [0.15, 0.2) is 0 Å². The van der Waals surface area contributed by atoms with E-state index in [-0.39, 0.29) is 5.54 Å². The summed E-state index contributed by atoms with van der Waals surface area (Å²) >= 11 is 0. The number of halogens is 10. The lowest BCUT2D eigenvalue weighted by Crippen LogP contribution is -2.23. The smallest absolute Gasteiger partial charge is 0.398 e. The van der Waals surface area contributed by atoms with Crippen LogP contribution in [-0.2, 0) is 18.5 Å². The van der Waals surface area contributed by atoms with E-state index in [9.17, 15) is 44.0 Å². The SMILES string of the molecule is Nc1cc(C(F)(F)F)c(C(F)(F)F)c(NF)c1C(F)(F)F. The summed E-state index contributed by atoms with van der Waals surface area (Å²) in [5.41, 5.74) is -7.14. The monoisotopic (exact) mass is 330 g/mol. The van der Waals surface area contributed by atoms with Crippen LogP contribution in [0.25, 0.3) is 0 Å². The van der Waals surface area contributed by atoms with E-state index in [1.165, 1.54) is 0 Å². The summed E-state index contributed by atoms with van der Waals surface area (Å²) in [4.78, 5) is 0. The van der Waals surface area contributed by atoms with Crippen LogP contribution in [0.1, 0.15) is 16.7 Å². The second kappa shape index (κ2) is 4.84. The first-order valence-electron chi connectivity index (χ1n) is 4.76. The lowest BCUT2D eigenvalue weighted by atomic mass is 9.97. The molecule has 0 aliphatic rings. The van der Waals surface area contributed by atoms with Gasteiger partial charge in [0.25, 0.3) is 0 Å². The van der Waals surface area contributed by atoms with Crippen molar-refractivity contribution in [1.82, 2.24) is 0 Å². The highest BCUT2D eigenvalue weighted by atomic mass is 19.4. The van der Waals surface area contributed by atoms with Gasteiger partial charge in [0.2, 0.25) is 0 Å². The van der Waals surface area contributed by atoms with Crippen LogP contribution >= 0.6 is 0 Å². The summed E-state index contributed by atoms with van der Waals surface area (Å²) in [7, 11) is 0. The molecule has 0 radical (unpaired) electrons. The molecule has 0 saturated carbocycles. The number of anilines is 2. The van der Waals surface area contributed by atoms with E-state index >= 15 is 0 Å². The van der Waals surface area contributed by atoms with E-state index in [0.717, 1.165) is 0 Å². The van der Waals surface area contributed by atoms with E-state index < -0.39 is 52.7 Å². The van der Waals surface area contributed by atoms with Gasteiger partial charge in [-0.05, 0) is 6.07 Å². The molecule has 2 nitrogen and oxygen atoms in total. The number of nitrogens with two attached hydrogens (primary N) is 1. The molecule has 0 spiro atoms. The third-order valence-electron chi connectivity index (χ3n) is 2.32. The molecule has 0 aliphatic heterocycles. The van der Waals surface area contributed by atoms with Crippen LogP contribution in [0.5, 0.6) is 0 Å². The average Bonchev–Trinajstić information content (AvgIpc) is 2.22. The molecular formula is C9H4F10N2. The number of nitrogens with one attached hydrogen (secondary N) is 1. The molecule has 0 aromatic heterocycles. The third-order valence-corrected chi connectivity index (χ3v) is 2.32. The Bertz CT molecular complexity index is 539. The predicted octanol–water partition coefficient (Wildman–Crippen LogP) is 4.62. The van der Waals surface area contributed by atoms with Gasteiger partial charge in [-0.2, -0.15) is 39.5 Å². The third kappa shape index (κ3) is 3.24. The number of alkyl halides is 9. The maximum Gasteiger partial charge on any atom is 0.420 e. The van der Waals surface area contributed by atoms with Gasteiger partial charge in [0, 0.05) is 5.69 Å². The Balaban J connectivity index is 3.95. The molecule has 1 aromatic carbocycles. The summed E-state index contributed by atoms with van der Waals surface area (Å²) in [6.45, 7) is 0. The highest BCUT2D eigenvalue weighted by Crippen LogP contribution is 2.50. The molecule has 12 heteroatoms. The number of rotatable bonds is 1. The minimum absolute atomic E-state index is 0.0106. The standard InChI is InChI=1S/C9H4F10N2/c10-7(11,12)2-1-3(20)5(9(16,17)18)6(21-19)4(2)8(13,14)15/h1,21H,20H2. The summed E-state index contributed by atoms with van der Waals surface area (Å²) < 4.78 is 125. The maximum absolute atomic E-state index is 12.6. The molecule has 0 aliphatic carbocycles. The van der Waals surface area contributed by atoms with Crippen LogP contribution in [0.2, 0.25) is 0 Å². The number of hydrogen-bond donors (Lipinski definition) is 2. The molecule has 1 rings (SSSR count). The van der Waals surface area contributed by atoms with Crippen LogP contribution in [-0.4, -0.2) is 0 Å². The fourth-order valence-electron chi connectivity index (χ4n) is 1.62. The molecule has 0 fully saturated rings.